The third-order valence-electron chi connectivity index (χ3n) is 1.91. The third-order valence-corrected chi connectivity index (χ3v) is 1.91. The summed E-state index contributed by atoms with van der Waals surface area (Å²) >= 11 is 0. The monoisotopic (exact) mass is 214 g/mol. The van der Waals surface area contributed by atoms with Crippen molar-refractivity contribution in [2.45, 2.75) is 18.5 Å². The minimum absolute atomic E-state index is 0.00505. The zero-order valence-electron chi connectivity index (χ0n) is 7.38. The van der Waals surface area contributed by atoms with Crippen LogP contribution in [0.15, 0.2) is 23.5 Å². The Morgan fingerprint density at radius 2 is 1.71 bits per heavy atom. The normalized spacial score (nSPS) is 31.5. The number of rotatable bonds is 1. The number of ether oxygens (including phenoxy) is 1. The maximum atomic E-state index is 13.1. The molecule has 1 atom stereocenters. The topological polar surface area (TPSA) is 9.23 Å². The quantitative estimate of drug-likeness (QED) is 0.609. The molecule has 0 heterocycles. The standard InChI is InChI=1S/C8H7F5O/c1-7(11)3-4(9)5(14-2)6(10)8(7,12)13/h3H,1-2H3. The molecule has 0 N–H and O–H groups in total. The van der Waals surface area contributed by atoms with E-state index >= 15 is 0 Å². The Morgan fingerprint density at radius 1 is 1.21 bits per heavy atom. The molecule has 0 radical (unpaired) electrons. The molecule has 1 aliphatic carbocycles. The zero-order valence-corrected chi connectivity index (χ0v) is 7.38. The third kappa shape index (κ3) is 1.29. The Balaban J connectivity index is 3.32. The summed E-state index contributed by atoms with van der Waals surface area (Å²) in [6.07, 6.45) is -0.00505. The average molecular weight is 214 g/mol. The van der Waals surface area contributed by atoms with Crippen LogP contribution in [0.2, 0.25) is 0 Å². The molecule has 80 valence electrons. The van der Waals surface area contributed by atoms with E-state index < -0.39 is 29.0 Å². The molecule has 0 saturated heterocycles. The van der Waals surface area contributed by atoms with Gasteiger partial charge >= 0.3 is 5.92 Å². The van der Waals surface area contributed by atoms with Gasteiger partial charge in [0.25, 0.3) is 0 Å². The van der Waals surface area contributed by atoms with Crippen LogP contribution in [0.5, 0.6) is 0 Å². The first-order chi connectivity index (χ1) is 6.24. The van der Waals surface area contributed by atoms with Crippen LogP contribution in [0.4, 0.5) is 22.0 Å². The zero-order chi connectivity index (χ0) is 11.1. The van der Waals surface area contributed by atoms with Gasteiger partial charge in [-0.05, 0) is 13.0 Å². The summed E-state index contributed by atoms with van der Waals surface area (Å²) in [5.74, 6) is -9.37. The van der Waals surface area contributed by atoms with E-state index in [-0.39, 0.29) is 6.08 Å². The Morgan fingerprint density at radius 3 is 2.14 bits per heavy atom. The largest absolute Gasteiger partial charge is 0.491 e. The number of alkyl halides is 3. The second-order valence-corrected chi connectivity index (χ2v) is 2.99. The van der Waals surface area contributed by atoms with Gasteiger partial charge in [0.2, 0.25) is 5.83 Å². The van der Waals surface area contributed by atoms with E-state index in [0.717, 1.165) is 7.11 Å². The summed E-state index contributed by atoms with van der Waals surface area (Å²) in [7, 11) is 0.819. The van der Waals surface area contributed by atoms with Crippen LogP contribution in [0, 0.1) is 0 Å². The molecule has 14 heavy (non-hydrogen) atoms. The Labute approximate surface area is 76.9 Å². The van der Waals surface area contributed by atoms with Gasteiger partial charge in [-0.2, -0.15) is 8.78 Å². The second-order valence-electron chi connectivity index (χ2n) is 2.99. The van der Waals surface area contributed by atoms with Crippen LogP contribution < -0.4 is 0 Å². The second kappa shape index (κ2) is 2.96. The predicted octanol–water partition coefficient (Wildman–Crippen LogP) is 3.04. The highest BCUT2D eigenvalue weighted by Crippen LogP contribution is 2.47. The number of hydrogen-bond donors (Lipinski definition) is 0. The minimum Gasteiger partial charge on any atom is -0.491 e. The van der Waals surface area contributed by atoms with E-state index in [1.54, 1.807) is 0 Å². The van der Waals surface area contributed by atoms with E-state index in [4.69, 9.17) is 0 Å². The molecule has 6 heteroatoms. The van der Waals surface area contributed by atoms with Gasteiger partial charge < -0.3 is 4.74 Å². The summed E-state index contributed by atoms with van der Waals surface area (Å²) in [4.78, 5) is 0. The minimum atomic E-state index is -4.41. The van der Waals surface area contributed by atoms with E-state index in [1.807, 2.05) is 0 Å². The van der Waals surface area contributed by atoms with Crippen molar-refractivity contribution in [1.82, 2.24) is 0 Å². The maximum absolute atomic E-state index is 13.1. The molecular weight excluding hydrogens is 207 g/mol. The molecule has 0 aliphatic heterocycles. The van der Waals surface area contributed by atoms with E-state index in [0.29, 0.717) is 6.92 Å². The molecule has 0 aromatic rings. The van der Waals surface area contributed by atoms with Crippen molar-refractivity contribution in [1.29, 1.82) is 0 Å². The molecule has 1 unspecified atom stereocenters. The van der Waals surface area contributed by atoms with Crippen molar-refractivity contribution in [3.8, 4) is 0 Å². The van der Waals surface area contributed by atoms with Crippen LogP contribution in [-0.4, -0.2) is 18.7 Å². The SMILES string of the molecule is COC1=C(F)C(F)(F)C(C)(F)C=C1F. The smallest absolute Gasteiger partial charge is 0.339 e. The summed E-state index contributed by atoms with van der Waals surface area (Å²) < 4.78 is 68.6. The van der Waals surface area contributed by atoms with Crippen molar-refractivity contribution in [3.63, 3.8) is 0 Å². The van der Waals surface area contributed by atoms with Gasteiger partial charge in [-0.25, -0.2) is 13.2 Å². The van der Waals surface area contributed by atoms with Gasteiger partial charge in [0, 0.05) is 0 Å². The van der Waals surface area contributed by atoms with Crippen LogP contribution in [-0.2, 0) is 4.74 Å². The van der Waals surface area contributed by atoms with Crippen LogP contribution >= 0.6 is 0 Å². The number of hydrogen-bond acceptors (Lipinski definition) is 1. The molecule has 0 aromatic heterocycles. The first kappa shape index (κ1) is 11.0. The molecular formula is C8H7F5O. The summed E-state index contributed by atoms with van der Waals surface area (Å²) in [5.41, 5.74) is -3.39. The van der Waals surface area contributed by atoms with Crippen LogP contribution in [0.25, 0.3) is 0 Å². The van der Waals surface area contributed by atoms with Gasteiger partial charge in [-0.1, -0.05) is 0 Å². The van der Waals surface area contributed by atoms with Gasteiger partial charge in [0.05, 0.1) is 7.11 Å². The van der Waals surface area contributed by atoms with Crippen LogP contribution in [0.1, 0.15) is 6.92 Å². The number of methoxy groups -OCH3 is 1. The molecule has 0 amide bonds. The predicted molar refractivity (Wildman–Crippen MR) is 38.8 cm³/mol. The van der Waals surface area contributed by atoms with E-state index in [2.05, 4.69) is 4.74 Å². The number of halogens is 5. The molecule has 0 bridgehead atoms. The highest BCUT2D eigenvalue weighted by atomic mass is 19.3. The highest BCUT2D eigenvalue weighted by Gasteiger charge is 2.58. The van der Waals surface area contributed by atoms with E-state index in [1.165, 1.54) is 0 Å². The molecule has 0 saturated carbocycles. The molecule has 1 rings (SSSR count). The fourth-order valence-corrected chi connectivity index (χ4v) is 1.04. The lowest BCUT2D eigenvalue weighted by Crippen LogP contribution is -2.43. The lowest BCUT2D eigenvalue weighted by Gasteiger charge is -2.30. The summed E-state index contributed by atoms with van der Waals surface area (Å²) in [5, 5.41) is 0. The Kier molecular flexibility index (Phi) is 2.33. The van der Waals surface area contributed by atoms with Crippen molar-refractivity contribution >= 4 is 0 Å². The van der Waals surface area contributed by atoms with Crippen LogP contribution in [0.3, 0.4) is 0 Å². The molecule has 1 nitrogen and oxygen atoms in total. The highest BCUT2D eigenvalue weighted by molar-refractivity contribution is 5.37. The molecule has 0 spiro atoms. The Bertz CT molecular complexity index is 316. The first-order valence-electron chi connectivity index (χ1n) is 3.63. The molecule has 1 aliphatic rings. The molecule has 0 aromatic carbocycles. The van der Waals surface area contributed by atoms with Crippen molar-refractivity contribution in [3.05, 3.63) is 23.5 Å². The lowest BCUT2D eigenvalue weighted by molar-refractivity contribution is -0.0959. The lowest BCUT2D eigenvalue weighted by atomic mass is 9.93. The maximum Gasteiger partial charge on any atom is 0.339 e. The number of allylic oxidation sites excluding steroid dienone is 3. The first-order valence-corrected chi connectivity index (χ1v) is 3.63. The van der Waals surface area contributed by atoms with Crippen molar-refractivity contribution < 1.29 is 26.7 Å². The fraction of sp³-hybridized carbons (Fsp3) is 0.500. The fourth-order valence-electron chi connectivity index (χ4n) is 1.04. The van der Waals surface area contributed by atoms with Gasteiger partial charge in [-0.15, -0.1) is 0 Å². The van der Waals surface area contributed by atoms with Gasteiger partial charge in [0.1, 0.15) is 0 Å². The van der Waals surface area contributed by atoms with E-state index in [9.17, 15) is 22.0 Å². The summed E-state index contributed by atoms with van der Waals surface area (Å²) in [6, 6.07) is 0. The summed E-state index contributed by atoms with van der Waals surface area (Å²) in [6.45, 7) is 0.387. The van der Waals surface area contributed by atoms with Crippen molar-refractivity contribution in [2.24, 2.45) is 0 Å². The van der Waals surface area contributed by atoms with Gasteiger partial charge in [-0.3, -0.25) is 0 Å². The Hall–Kier alpha value is -1.07. The van der Waals surface area contributed by atoms with Gasteiger partial charge in [0.15, 0.2) is 17.3 Å². The van der Waals surface area contributed by atoms with Crippen molar-refractivity contribution in [2.75, 3.05) is 7.11 Å². The average Bonchev–Trinajstić information content (AvgIpc) is 2.01. The molecule has 0 fully saturated rings.